The summed E-state index contributed by atoms with van der Waals surface area (Å²) in [6.07, 6.45) is 1.67. The smallest absolute Gasteiger partial charge is 0.221 e. The van der Waals surface area contributed by atoms with E-state index in [0.717, 1.165) is 11.1 Å². The van der Waals surface area contributed by atoms with Crippen molar-refractivity contribution < 1.29 is 0 Å². The van der Waals surface area contributed by atoms with E-state index in [-0.39, 0.29) is 65.1 Å². The van der Waals surface area contributed by atoms with Crippen LogP contribution in [0.25, 0.3) is 11.1 Å². The van der Waals surface area contributed by atoms with Crippen molar-refractivity contribution in [1.82, 2.24) is 9.97 Å². The standard InChI is InChI=1S/C13H16N4.2Na/c1-7-4-10(5-8(2)9(7)3)11-6-16-13(15)17-12(11)14;;/h4-6H,1-3H3,(H4,14,15,16,17);;. The molecular formula is C13H16N4Na2. The van der Waals surface area contributed by atoms with E-state index in [0.29, 0.717) is 5.82 Å². The van der Waals surface area contributed by atoms with Crippen molar-refractivity contribution in [3.63, 3.8) is 0 Å². The topological polar surface area (TPSA) is 77.8 Å². The van der Waals surface area contributed by atoms with Crippen LogP contribution < -0.4 is 11.5 Å². The van der Waals surface area contributed by atoms with Crippen LogP contribution >= 0.6 is 0 Å². The van der Waals surface area contributed by atoms with Gasteiger partial charge in [-0.15, -0.1) is 0 Å². The molecular weight excluding hydrogens is 258 g/mol. The van der Waals surface area contributed by atoms with Gasteiger partial charge in [-0.2, -0.15) is 4.98 Å². The van der Waals surface area contributed by atoms with E-state index in [1.54, 1.807) is 6.20 Å². The van der Waals surface area contributed by atoms with E-state index in [1.807, 2.05) is 0 Å². The third-order valence-electron chi connectivity index (χ3n) is 3.07. The molecule has 90 valence electrons. The molecule has 4 N–H and O–H groups in total. The first-order valence-electron chi connectivity index (χ1n) is 5.45. The van der Waals surface area contributed by atoms with Gasteiger partial charge in [0.1, 0.15) is 5.82 Å². The van der Waals surface area contributed by atoms with Gasteiger partial charge in [-0.25, -0.2) is 4.98 Å². The van der Waals surface area contributed by atoms with Crippen LogP contribution in [0.3, 0.4) is 0 Å². The fourth-order valence-electron chi connectivity index (χ4n) is 1.82. The molecule has 0 aliphatic rings. The van der Waals surface area contributed by atoms with Crippen molar-refractivity contribution in [3.8, 4) is 11.1 Å². The molecule has 4 nitrogen and oxygen atoms in total. The molecule has 0 saturated heterocycles. The van der Waals surface area contributed by atoms with Gasteiger partial charge in [-0.3, -0.25) is 0 Å². The summed E-state index contributed by atoms with van der Waals surface area (Å²) in [5, 5.41) is 0. The molecule has 0 aliphatic heterocycles. The molecule has 0 bridgehead atoms. The zero-order valence-electron chi connectivity index (χ0n) is 12.3. The Bertz CT molecular complexity index is 562. The summed E-state index contributed by atoms with van der Waals surface area (Å²) < 4.78 is 0. The average molecular weight is 274 g/mol. The van der Waals surface area contributed by atoms with Crippen LogP contribution in [0.4, 0.5) is 11.8 Å². The van der Waals surface area contributed by atoms with Gasteiger partial charge in [0, 0.05) is 70.9 Å². The fourth-order valence-corrected chi connectivity index (χ4v) is 1.82. The van der Waals surface area contributed by atoms with E-state index in [1.165, 1.54) is 16.7 Å². The molecule has 1 aromatic carbocycles. The predicted octanol–water partition coefficient (Wildman–Crippen LogP) is 1.47. The molecule has 0 atom stereocenters. The number of hydrogen-bond acceptors (Lipinski definition) is 4. The van der Waals surface area contributed by atoms with Crippen LogP contribution in [-0.4, -0.2) is 69.1 Å². The van der Waals surface area contributed by atoms with Crippen LogP contribution in [-0.2, 0) is 0 Å². The summed E-state index contributed by atoms with van der Waals surface area (Å²) >= 11 is 0. The van der Waals surface area contributed by atoms with Crippen molar-refractivity contribution in [2.75, 3.05) is 11.5 Å². The summed E-state index contributed by atoms with van der Waals surface area (Å²) in [5.74, 6) is 0.618. The van der Waals surface area contributed by atoms with Crippen molar-refractivity contribution in [2.24, 2.45) is 0 Å². The van der Waals surface area contributed by atoms with Gasteiger partial charge in [0.15, 0.2) is 0 Å². The summed E-state index contributed by atoms with van der Waals surface area (Å²) in [6, 6.07) is 4.18. The molecule has 6 heteroatoms. The van der Waals surface area contributed by atoms with Crippen LogP contribution in [0.15, 0.2) is 18.3 Å². The number of aromatic nitrogens is 2. The minimum Gasteiger partial charge on any atom is -0.383 e. The van der Waals surface area contributed by atoms with Gasteiger partial charge in [0.2, 0.25) is 5.95 Å². The third-order valence-corrected chi connectivity index (χ3v) is 3.07. The monoisotopic (exact) mass is 274 g/mol. The van der Waals surface area contributed by atoms with Gasteiger partial charge in [-0.1, -0.05) is 12.1 Å². The van der Waals surface area contributed by atoms with Gasteiger partial charge in [0.05, 0.1) is 0 Å². The second kappa shape index (κ2) is 7.62. The number of benzene rings is 1. The fraction of sp³-hybridized carbons (Fsp3) is 0.231. The molecule has 0 saturated carbocycles. The van der Waals surface area contributed by atoms with Gasteiger partial charge >= 0.3 is 0 Å². The average Bonchev–Trinajstić information content (AvgIpc) is 2.25. The van der Waals surface area contributed by atoms with Crippen LogP contribution in [0.5, 0.6) is 0 Å². The Morgan fingerprint density at radius 1 is 0.947 bits per heavy atom. The molecule has 0 spiro atoms. The number of nitrogen functional groups attached to an aromatic ring is 2. The molecule has 2 radical (unpaired) electrons. The SMILES string of the molecule is Cc1cc(-c2cnc(N)nc2N)cc(C)c1C.[Na].[Na]. The van der Waals surface area contributed by atoms with Crippen LogP contribution in [0.1, 0.15) is 16.7 Å². The normalized spacial score (nSPS) is 9.42. The third kappa shape index (κ3) is 4.18. The predicted molar refractivity (Wildman–Crippen MR) is 82.0 cm³/mol. The zero-order valence-corrected chi connectivity index (χ0v) is 16.3. The maximum atomic E-state index is 5.86. The quantitative estimate of drug-likeness (QED) is 0.772. The van der Waals surface area contributed by atoms with Crippen molar-refractivity contribution in [1.29, 1.82) is 0 Å². The summed E-state index contributed by atoms with van der Waals surface area (Å²) in [6.45, 7) is 6.28. The minimum absolute atomic E-state index is 0. The summed E-state index contributed by atoms with van der Waals surface area (Å²) in [7, 11) is 0. The number of anilines is 2. The summed E-state index contributed by atoms with van der Waals surface area (Å²) in [5.41, 5.74) is 17.0. The molecule has 1 heterocycles. The summed E-state index contributed by atoms with van der Waals surface area (Å²) in [4.78, 5) is 7.96. The Labute approximate surface area is 158 Å². The van der Waals surface area contributed by atoms with E-state index in [2.05, 4.69) is 42.9 Å². The second-order valence-electron chi connectivity index (χ2n) is 4.26. The molecule has 19 heavy (non-hydrogen) atoms. The Morgan fingerprint density at radius 3 is 1.95 bits per heavy atom. The van der Waals surface area contributed by atoms with E-state index in [9.17, 15) is 0 Å². The molecule has 2 aromatic rings. The van der Waals surface area contributed by atoms with E-state index in [4.69, 9.17) is 11.5 Å². The first-order valence-corrected chi connectivity index (χ1v) is 5.45. The van der Waals surface area contributed by atoms with Gasteiger partial charge in [0.25, 0.3) is 0 Å². The van der Waals surface area contributed by atoms with Crippen molar-refractivity contribution >= 4 is 70.9 Å². The second-order valence-corrected chi connectivity index (χ2v) is 4.26. The maximum absolute atomic E-state index is 5.86. The Kier molecular flexibility index (Phi) is 7.58. The largest absolute Gasteiger partial charge is 0.383 e. The van der Waals surface area contributed by atoms with Crippen molar-refractivity contribution in [3.05, 3.63) is 35.0 Å². The Balaban J connectivity index is 0.00000162. The Morgan fingerprint density at radius 2 is 1.47 bits per heavy atom. The van der Waals surface area contributed by atoms with Crippen LogP contribution in [0.2, 0.25) is 0 Å². The first kappa shape index (κ1) is 18.9. The first-order chi connectivity index (χ1) is 7.99. The molecule has 0 unspecified atom stereocenters. The molecule has 0 aliphatic carbocycles. The molecule has 1 aromatic heterocycles. The van der Waals surface area contributed by atoms with Crippen molar-refractivity contribution in [2.45, 2.75) is 20.8 Å². The number of nitrogens with two attached hydrogens (primary N) is 2. The Hall–Kier alpha value is -0.100. The van der Waals surface area contributed by atoms with E-state index < -0.39 is 0 Å². The number of aryl methyl sites for hydroxylation is 2. The maximum Gasteiger partial charge on any atom is 0.221 e. The zero-order chi connectivity index (χ0) is 12.6. The van der Waals surface area contributed by atoms with Crippen LogP contribution in [0, 0.1) is 20.8 Å². The van der Waals surface area contributed by atoms with Gasteiger partial charge in [-0.05, 0) is 43.0 Å². The molecule has 0 fully saturated rings. The number of nitrogens with zero attached hydrogens (tertiary/aromatic N) is 2. The van der Waals surface area contributed by atoms with E-state index >= 15 is 0 Å². The molecule has 0 amide bonds. The van der Waals surface area contributed by atoms with Gasteiger partial charge < -0.3 is 11.5 Å². The number of rotatable bonds is 1. The number of hydrogen-bond donors (Lipinski definition) is 2. The minimum atomic E-state index is 0. The molecule has 2 rings (SSSR count).